The van der Waals surface area contributed by atoms with E-state index in [2.05, 4.69) is 62.5 Å². The molecule has 1 heterocycles. The molecule has 6 nitrogen and oxygen atoms in total. The van der Waals surface area contributed by atoms with E-state index >= 15 is 0 Å². The van der Waals surface area contributed by atoms with Crippen LogP contribution in [-0.2, 0) is 17.8 Å². The van der Waals surface area contributed by atoms with Crippen molar-refractivity contribution in [3.63, 3.8) is 0 Å². The van der Waals surface area contributed by atoms with Gasteiger partial charge in [0, 0.05) is 18.0 Å². The monoisotopic (exact) mass is 386 g/mol. The largest absolute Gasteiger partial charge is 0.301 e. The van der Waals surface area contributed by atoms with Crippen LogP contribution in [0.25, 0.3) is 10.8 Å². The summed E-state index contributed by atoms with van der Waals surface area (Å²) in [6, 6.07) is 12.4. The number of aromatic nitrogens is 3. The number of aryl methyl sites for hydroxylation is 2. The van der Waals surface area contributed by atoms with Gasteiger partial charge in [-0.3, -0.25) is 4.79 Å². The van der Waals surface area contributed by atoms with Gasteiger partial charge in [0.2, 0.25) is 0 Å². The maximum Gasteiger partial charge on any atom is 0.286 e. The Morgan fingerprint density at radius 1 is 1.17 bits per heavy atom. The molecule has 0 bridgehead atoms. The average Bonchev–Trinajstić information content (AvgIpc) is 2.95. The number of benzene rings is 2. The van der Waals surface area contributed by atoms with Gasteiger partial charge in [-0.15, -0.1) is 15.1 Å². The molecule has 0 atom stereocenters. The molecule has 3 aromatic rings. The van der Waals surface area contributed by atoms with Crippen molar-refractivity contribution >= 4 is 32.6 Å². The molecule has 24 heavy (non-hydrogen) atoms. The van der Waals surface area contributed by atoms with Crippen LogP contribution in [0.4, 0.5) is 0 Å². The lowest BCUT2D eigenvalue weighted by molar-refractivity contribution is -0.117. The smallest absolute Gasteiger partial charge is 0.286 e. The summed E-state index contributed by atoms with van der Waals surface area (Å²) in [5.41, 5.74) is 2.36. The normalized spacial score (nSPS) is 10.9. The number of fused-ring (bicyclic) bond motifs is 1. The molecule has 0 fully saturated rings. The molecule has 0 aliphatic carbocycles. The molecular weight excluding hydrogens is 372 g/mol. The van der Waals surface area contributed by atoms with E-state index in [1.165, 1.54) is 16.3 Å². The van der Waals surface area contributed by atoms with Crippen molar-refractivity contribution < 1.29 is 4.79 Å². The van der Waals surface area contributed by atoms with Crippen molar-refractivity contribution in [1.82, 2.24) is 14.8 Å². The van der Waals surface area contributed by atoms with E-state index in [9.17, 15) is 9.70 Å². The first-order valence-electron chi connectivity index (χ1n) is 7.51. The Balaban J connectivity index is 1.95. The molecule has 0 N–H and O–H groups in total. The fourth-order valence-corrected chi connectivity index (χ4v) is 3.15. The minimum Gasteiger partial charge on any atom is -0.301 e. The zero-order valence-corrected chi connectivity index (χ0v) is 14.7. The number of hydrogen-bond acceptors (Lipinski definition) is 4. The van der Waals surface area contributed by atoms with Crippen molar-refractivity contribution in [2.45, 2.75) is 26.3 Å². The second kappa shape index (κ2) is 7.00. The van der Waals surface area contributed by atoms with E-state index < -0.39 is 5.91 Å². The highest BCUT2D eigenvalue weighted by Crippen LogP contribution is 2.24. The molecule has 0 saturated carbocycles. The van der Waals surface area contributed by atoms with Gasteiger partial charge in [-0.2, -0.15) is 0 Å². The van der Waals surface area contributed by atoms with Crippen LogP contribution in [0, 0.1) is 11.8 Å². The van der Waals surface area contributed by atoms with Gasteiger partial charge in [0.05, 0.1) is 6.54 Å². The van der Waals surface area contributed by atoms with E-state index in [0.717, 1.165) is 5.56 Å². The van der Waals surface area contributed by atoms with Gasteiger partial charge in [-0.1, -0.05) is 36.4 Å². The molecule has 1 aromatic heterocycles. The first-order chi connectivity index (χ1) is 11.6. The lowest BCUT2D eigenvalue weighted by Crippen LogP contribution is -2.08. The van der Waals surface area contributed by atoms with E-state index in [1.807, 2.05) is 16.7 Å². The quantitative estimate of drug-likeness (QED) is 0.625. The summed E-state index contributed by atoms with van der Waals surface area (Å²) in [5, 5.41) is 12.9. The summed E-state index contributed by atoms with van der Waals surface area (Å²) in [6.45, 7) is 2.66. The molecule has 1 amide bonds. The van der Waals surface area contributed by atoms with Crippen LogP contribution in [0.3, 0.4) is 0 Å². The van der Waals surface area contributed by atoms with E-state index in [-0.39, 0.29) is 6.42 Å². The number of hydrogen-bond donors (Lipinski definition) is 0. The van der Waals surface area contributed by atoms with Gasteiger partial charge in [0.15, 0.2) is 4.73 Å². The predicted molar refractivity (Wildman–Crippen MR) is 94.6 cm³/mol. The highest BCUT2D eigenvalue weighted by Gasteiger charge is 2.14. The van der Waals surface area contributed by atoms with Gasteiger partial charge in [-0.05, 0) is 44.8 Å². The SMILES string of the molecule is Cc1ccc(Cn2c(Br)nnc2CCC(=O)N=O)c2ccccc12. The Bertz CT molecular complexity index is 920. The minimum atomic E-state index is -0.679. The number of amides is 1. The second-order valence-electron chi connectivity index (χ2n) is 5.54. The number of carbonyl (C=O) groups excluding carboxylic acids is 1. The maximum atomic E-state index is 11.1. The Hall–Kier alpha value is -2.41. The fraction of sp³-hybridized carbons (Fsp3) is 0.235. The fourth-order valence-electron chi connectivity index (χ4n) is 2.74. The van der Waals surface area contributed by atoms with Gasteiger partial charge in [-0.25, -0.2) is 0 Å². The molecule has 2 aromatic carbocycles. The Kier molecular flexibility index (Phi) is 4.80. The summed E-state index contributed by atoms with van der Waals surface area (Å²) >= 11 is 3.40. The van der Waals surface area contributed by atoms with Gasteiger partial charge >= 0.3 is 0 Å². The van der Waals surface area contributed by atoms with Crippen molar-refractivity contribution in [2.75, 3.05) is 0 Å². The summed E-state index contributed by atoms with van der Waals surface area (Å²) in [6.07, 6.45) is 0.357. The van der Waals surface area contributed by atoms with Gasteiger partial charge in [0.1, 0.15) is 5.82 Å². The lowest BCUT2D eigenvalue weighted by atomic mass is 10.0. The van der Waals surface area contributed by atoms with Crippen molar-refractivity contribution in [2.24, 2.45) is 5.18 Å². The van der Waals surface area contributed by atoms with Crippen LogP contribution in [0.15, 0.2) is 46.3 Å². The molecule has 122 valence electrons. The zero-order chi connectivity index (χ0) is 17.1. The van der Waals surface area contributed by atoms with Crippen molar-refractivity contribution in [1.29, 1.82) is 0 Å². The standard InChI is InChI=1S/C17H15BrN4O2/c1-11-6-7-12(14-5-3-2-4-13(11)14)10-22-15(19-20-17(22)18)8-9-16(23)21-24/h2-7H,8-10H2,1H3. The number of halogens is 1. The topological polar surface area (TPSA) is 77.2 Å². The number of nitroso groups, excluding NO2 is 1. The van der Waals surface area contributed by atoms with Crippen LogP contribution in [0.2, 0.25) is 0 Å². The molecule has 0 aliphatic rings. The van der Waals surface area contributed by atoms with Crippen LogP contribution in [0.1, 0.15) is 23.4 Å². The summed E-state index contributed by atoms with van der Waals surface area (Å²) in [4.78, 5) is 21.4. The van der Waals surface area contributed by atoms with Gasteiger partial charge in [0.25, 0.3) is 5.91 Å². The van der Waals surface area contributed by atoms with Crippen molar-refractivity contribution in [3.8, 4) is 0 Å². The highest BCUT2D eigenvalue weighted by molar-refractivity contribution is 9.10. The summed E-state index contributed by atoms with van der Waals surface area (Å²) in [5.74, 6) is -0.0370. The predicted octanol–water partition coefficient (Wildman–Crippen LogP) is 3.78. The molecule has 0 aliphatic heterocycles. The molecule has 0 saturated heterocycles. The minimum absolute atomic E-state index is 0.0310. The van der Waals surface area contributed by atoms with Crippen LogP contribution >= 0.6 is 15.9 Å². The number of rotatable bonds is 5. The number of nitrogens with zero attached hydrogens (tertiary/aromatic N) is 4. The summed E-state index contributed by atoms with van der Waals surface area (Å²) in [7, 11) is 0. The third kappa shape index (κ3) is 3.26. The van der Waals surface area contributed by atoms with Crippen molar-refractivity contribution in [3.05, 3.63) is 63.0 Å². The number of carbonyl (C=O) groups is 1. The molecule has 0 spiro atoms. The van der Waals surface area contributed by atoms with Crippen LogP contribution < -0.4 is 0 Å². The third-order valence-electron chi connectivity index (χ3n) is 4.01. The lowest BCUT2D eigenvalue weighted by Gasteiger charge is -2.12. The van der Waals surface area contributed by atoms with E-state index in [0.29, 0.717) is 23.5 Å². The Morgan fingerprint density at radius 3 is 2.67 bits per heavy atom. The molecule has 0 radical (unpaired) electrons. The first kappa shape index (κ1) is 16.4. The molecule has 7 heteroatoms. The average molecular weight is 387 g/mol. The summed E-state index contributed by atoms with van der Waals surface area (Å²) < 4.78 is 2.49. The second-order valence-corrected chi connectivity index (χ2v) is 6.25. The Labute approximate surface area is 147 Å². The van der Waals surface area contributed by atoms with E-state index in [1.54, 1.807) is 0 Å². The van der Waals surface area contributed by atoms with E-state index in [4.69, 9.17) is 0 Å². The Morgan fingerprint density at radius 2 is 1.92 bits per heavy atom. The van der Waals surface area contributed by atoms with Crippen LogP contribution in [0.5, 0.6) is 0 Å². The zero-order valence-electron chi connectivity index (χ0n) is 13.1. The molecular formula is C17H15BrN4O2. The van der Waals surface area contributed by atoms with Crippen LogP contribution in [-0.4, -0.2) is 20.7 Å². The first-order valence-corrected chi connectivity index (χ1v) is 8.30. The maximum absolute atomic E-state index is 11.1. The molecule has 0 unspecified atom stereocenters. The third-order valence-corrected chi connectivity index (χ3v) is 4.59. The highest BCUT2D eigenvalue weighted by atomic mass is 79.9. The van der Waals surface area contributed by atoms with Gasteiger partial charge < -0.3 is 4.57 Å². The molecule has 3 rings (SSSR count).